The Kier molecular flexibility index (Phi) is 15.9. The molecular formula is C27H41ClN2O4S2. The Morgan fingerprint density at radius 2 is 1.17 bits per heavy atom. The molecule has 0 radical (unpaired) electrons. The monoisotopic (exact) mass is 556 g/mol. The molecule has 0 heterocycles. The second kappa shape index (κ2) is 16.8. The van der Waals surface area contributed by atoms with Crippen LogP contribution in [0.2, 0.25) is 0 Å². The number of benzene rings is 2. The molecule has 9 heteroatoms. The molecule has 0 spiro atoms. The van der Waals surface area contributed by atoms with E-state index >= 15 is 0 Å². The molecule has 0 saturated carbocycles. The molecular weight excluding hydrogens is 516 g/mol. The molecule has 3 N–H and O–H groups in total. The molecule has 0 aromatic heterocycles. The van der Waals surface area contributed by atoms with Gasteiger partial charge in [0.1, 0.15) is 11.5 Å². The molecule has 0 aliphatic heterocycles. The minimum absolute atomic E-state index is 0. The summed E-state index contributed by atoms with van der Waals surface area (Å²) in [6.45, 7) is 8.13. The van der Waals surface area contributed by atoms with Crippen molar-refractivity contribution in [2.45, 2.75) is 69.0 Å². The molecule has 202 valence electrons. The van der Waals surface area contributed by atoms with Crippen molar-refractivity contribution in [2.75, 3.05) is 14.2 Å². The topological polar surface area (TPSA) is 90.6 Å². The van der Waals surface area contributed by atoms with Crippen LogP contribution >= 0.6 is 35.1 Å². The van der Waals surface area contributed by atoms with Gasteiger partial charge in [-0.2, -0.15) is 23.5 Å². The highest BCUT2D eigenvalue weighted by molar-refractivity contribution is 8.00. The van der Waals surface area contributed by atoms with Crippen molar-refractivity contribution < 1.29 is 19.1 Å². The molecule has 2 aromatic rings. The summed E-state index contributed by atoms with van der Waals surface area (Å²) in [7, 11) is 3.30. The molecule has 0 aliphatic carbocycles. The third-order valence-corrected chi connectivity index (χ3v) is 7.83. The van der Waals surface area contributed by atoms with Crippen molar-refractivity contribution in [2.24, 2.45) is 5.84 Å². The summed E-state index contributed by atoms with van der Waals surface area (Å²) in [6.07, 6.45) is 0.791. The number of carbonyl (C=O) groups is 2. The number of nitrogens with one attached hydrogen (secondary N) is 1. The maximum Gasteiger partial charge on any atom is 0.235 e. The van der Waals surface area contributed by atoms with Crippen LogP contribution in [0.3, 0.4) is 0 Å². The summed E-state index contributed by atoms with van der Waals surface area (Å²) in [5.74, 6) is 8.39. The molecule has 0 atom stereocenters. The second-order valence-corrected chi connectivity index (χ2v) is 12.9. The number of thioether (sulfide) groups is 2. The summed E-state index contributed by atoms with van der Waals surface area (Å²) in [5, 5.41) is -0.280. The lowest BCUT2D eigenvalue weighted by Crippen LogP contribution is -2.35. The third kappa shape index (κ3) is 14.6. The number of amides is 1. The summed E-state index contributed by atoms with van der Waals surface area (Å²) < 4.78 is 9.94. The predicted octanol–water partition coefficient (Wildman–Crippen LogP) is 6.59. The number of hydrogen-bond donors (Lipinski definition) is 2. The van der Waals surface area contributed by atoms with Crippen LogP contribution in [0.25, 0.3) is 0 Å². The minimum Gasteiger partial charge on any atom is -0.497 e. The van der Waals surface area contributed by atoms with E-state index in [1.165, 1.54) is 11.1 Å². The molecule has 0 bridgehead atoms. The van der Waals surface area contributed by atoms with Crippen LogP contribution in [0.5, 0.6) is 11.5 Å². The van der Waals surface area contributed by atoms with Crippen LogP contribution in [0.1, 0.15) is 59.1 Å². The Morgan fingerprint density at radius 1 is 0.806 bits per heavy atom. The van der Waals surface area contributed by atoms with E-state index in [2.05, 4.69) is 5.43 Å². The molecule has 0 fully saturated rings. The molecule has 1 amide bonds. The van der Waals surface area contributed by atoms with E-state index in [-0.39, 0.29) is 28.1 Å². The van der Waals surface area contributed by atoms with Gasteiger partial charge >= 0.3 is 0 Å². The van der Waals surface area contributed by atoms with Gasteiger partial charge in [-0.15, -0.1) is 0 Å². The zero-order chi connectivity index (χ0) is 26.5. The number of methoxy groups -OCH3 is 2. The van der Waals surface area contributed by atoms with Gasteiger partial charge in [0.25, 0.3) is 0 Å². The van der Waals surface area contributed by atoms with Crippen molar-refractivity contribution >= 4 is 46.3 Å². The number of hydrogen-bond acceptors (Lipinski definition) is 7. The van der Waals surface area contributed by atoms with Crippen molar-refractivity contribution in [3.05, 3.63) is 59.7 Å². The van der Waals surface area contributed by atoms with Crippen LogP contribution in [0, 0.1) is 0 Å². The first-order valence-corrected chi connectivity index (χ1v) is 13.5. The molecule has 6 nitrogen and oxygen atoms in total. The standard InChI is InChI=1S/C13H17ClO2S.C13H20N2O2S.CH4/c1-13(2,8-12(14)15)17-9-10-4-6-11(16-3)7-5-10;1-13(2,8-12(16)15-14)18-9-10-4-6-11(17-3)7-5-10;/h4-7H,8-9H2,1-3H3;4-7H,8-9,14H2,1-3H3,(H,15,16);1H4. The van der Waals surface area contributed by atoms with E-state index in [1.807, 2.05) is 76.2 Å². The van der Waals surface area contributed by atoms with Crippen LogP contribution in [-0.4, -0.2) is 34.9 Å². The van der Waals surface area contributed by atoms with Gasteiger partial charge in [-0.05, 0) is 47.0 Å². The zero-order valence-electron chi connectivity index (χ0n) is 21.4. The Balaban J connectivity index is 0.000000663. The number of hydrazine groups is 1. The molecule has 2 aromatic carbocycles. The lowest BCUT2D eigenvalue weighted by atomic mass is 10.1. The van der Waals surface area contributed by atoms with E-state index in [0.29, 0.717) is 12.8 Å². The van der Waals surface area contributed by atoms with Crippen LogP contribution < -0.4 is 20.7 Å². The Bertz CT molecular complexity index is 920. The lowest BCUT2D eigenvalue weighted by Gasteiger charge is -2.22. The first kappa shape index (κ1) is 34.1. The molecule has 0 saturated heterocycles. The fraction of sp³-hybridized carbons (Fsp3) is 0.481. The minimum atomic E-state index is -0.280. The Hall–Kier alpha value is -1.87. The van der Waals surface area contributed by atoms with Gasteiger partial charge in [-0.1, -0.05) is 59.4 Å². The SMILES string of the molecule is C.COc1ccc(CSC(C)(C)CC(=O)Cl)cc1.COc1ccc(CSC(C)(C)CC(=O)NN)cc1. The largest absolute Gasteiger partial charge is 0.497 e. The average Bonchev–Trinajstić information content (AvgIpc) is 2.81. The number of ether oxygens (including phenoxy) is 2. The Labute approximate surface area is 230 Å². The van der Waals surface area contributed by atoms with Gasteiger partial charge in [0.15, 0.2) is 0 Å². The van der Waals surface area contributed by atoms with Crippen molar-refractivity contribution in [1.82, 2.24) is 5.43 Å². The Morgan fingerprint density at radius 3 is 1.47 bits per heavy atom. The highest BCUT2D eigenvalue weighted by Gasteiger charge is 2.22. The summed E-state index contributed by atoms with van der Waals surface area (Å²) >= 11 is 8.87. The summed E-state index contributed by atoms with van der Waals surface area (Å²) in [5.41, 5.74) is 4.59. The summed E-state index contributed by atoms with van der Waals surface area (Å²) in [6, 6.07) is 15.9. The van der Waals surface area contributed by atoms with Gasteiger partial charge in [-0.3, -0.25) is 15.0 Å². The number of rotatable bonds is 12. The van der Waals surface area contributed by atoms with Gasteiger partial charge < -0.3 is 9.47 Å². The van der Waals surface area contributed by atoms with Crippen molar-refractivity contribution in [1.29, 1.82) is 0 Å². The van der Waals surface area contributed by atoms with Crippen LogP contribution in [-0.2, 0) is 21.1 Å². The average molecular weight is 557 g/mol. The predicted molar refractivity (Wildman–Crippen MR) is 156 cm³/mol. The van der Waals surface area contributed by atoms with Gasteiger partial charge in [0.05, 0.1) is 14.2 Å². The fourth-order valence-electron chi connectivity index (χ4n) is 2.88. The number of halogens is 1. The zero-order valence-corrected chi connectivity index (χ0v) is 23.7. The van der Waals surface area contributed by atoms with E-state index in [4.69, 9.17) is 26.9 Å². The quantitative estimate of drug-likeness (QED) is 0.132. The number of carbonyl (C=O) groups excluding carboxylic acids is 2. The molecule has 0 aliphatic rings. The van der Waals surface area contributed by atoms with Crippen LogP contribution in [0.4, 0.5) is 0 Å². The van der Waals surface area contributed by atoms with E-state index in [1.54, 1.807) is 37.7 Å². The molecule has 2 rings (SSSR count). The third-order valence-electron chi connectivity index (χ3n) is 4.89. The summed E-state index contributed by atoms with van der Waals surface area (Å²) in [4.78, 5) is 22.1. The smallest absolute Gasteiger partial charge is 0.235 e. The van der Waals surface area contributed by atoms with Gasteiger partial charge in [-0.25, -0.2) is 5.84 Å². The van der Waals surface area contributed by atoms with Gasteiger partial charge in [0, 0.05) is 33.8 Å². The van der Waals surface area contributed by atoms with E-state index < -0.39 is 0 Å². The van der Waals surface area contributed by atoms with E-state index in [0.717, 1.165) is 23.0 Å². The lowest BCUT2D eigenvalue weighted by molar-refractivity contribution is -0.121. The van der Waals surface area contributed by atoms with E-state index in [9.17, 15) is 9.59 Å². The maximum atomic E-state index is 11.3. The second-order valence-electron chi connectivity index (χ2n) is 9.07. The normalized spacial score (nSPS) is 10.9. The number of nitrogens with two attached hydrogens (primary N) is 1. The highest BCUT2D eigenvalue weighted by atomic mass is 35.5. The fourth-order valence-corrected chi connectivity index (χ4v) is 5.25. The van der Waals surface area contributed by atoms with Gasteiger partial charge in [0.2, 0.25) is 11.1 Å². The highest BCUT2D eigenvalue weighted by Crippen LogP contribution is 2.32. The first-order chi connectivity index (χ1) is 16.4. The van der Waals surface area contributed by atoms with Crippen molar-refractivity contribution in [3.8, 4) is 11.5 Å². The molecule has 0 unspecified atom stereocenters. The first-order valence-electron chi connectivity index (χ1n) is 11.1. The van der Waals surface area contributed by atoms with Crippen molar-refractivity contribution in [3.63, 3.8) is 0 Å². The van der Waals surface area contributed by atoms with Crippen LogP contribution in [0.15, 0.2) is 48.5 Å². The molecule has 36 heavy (non-hydrogen) atoms. The maximum absolute atomic E-state index is 11.3.